The number of allylic oxidation sites excluding steroid dienone is 1. The van der Waals surface area contributed by atoms with E-state index in [1.54, 1.807) is 6.20 Å². The summed E-state index contributed by atoms with van der Waals surface area (Å²) in [4.78, 5) is 15.8. The lowest BCUT2D eigenvalue weighted by Gasteiger charge is -2.13. The molecule has 0 radical (unpaired) electrons. The largest absolute Gasteiger partial charge is 0.486 e. The molecule has 0 saturated heterocycles. The van der Waals surface area contributed by atoms with E-state index >= 15 is 0 Å². The number of benzene rings is 1. The molecule has 0 fully saturated rings. The molecular weight excluding hydrogens is 262 g/mol. The first-order valence-corrected chi connectivity index (χ1v) is 6.97. The minimum Gasteiger partial charge on any atom is -0.486 e. The van der Waals surface area contributed by atoms with E-state index in [-0.39, 0.29) is 0 Å². The Morgan fingerprint density at radius 3 is 2.71 bits per heavy atom. The van der Waals surface area contributed by atoms with Gasteiger partial charge in [-0.25, -0.2) is 0 Å². The molecule has 0 amide bonds. The van der Waals surface area contributed by atoms with Crippen LogP contribution in [0.5, 0.6) is 5.75 Å². The van der Waals surface area contributed by atoms with E-state index in [0.717, 1.165) is 35.9 Å². The van der Waals surface area contributed by atoms with Crippen molar-refractivity contribution in [3.8, 4) is 5.75 Å². The Bertz CT molecular complexity index is 621. The lowest BCUT2D eigenvalue weighted by molar-refractivity contribution is 0.111. The summed E-state index contributed by atoms with van der Waals surface area (Å²) >= 11 is 0. The molecule has 0 spiro atoms. The lowest BCUT2D eigenvalue weighted by Crippen LogP contribution is -2.05. The van der Waals surface area contributed by atoms with Crippen molar-refractivity contribution in [3.05, 3.63) is 71.6 Å². The van der Waals surface area contributed by atoms with Crippen LogP contribution in [0.2, 0.25) is 0 Å². The van der Waals surface area contributed by atoms with Crippen molar-refractivity contribution in [1.29, 1.82) is 0 Å². The average Bonchev–Trinajstić information content (AvgIpc) is 2.53. The van der Waals surface area contributed by atoms with Gasteiger partial charge >= 0.3 is 0 Å². The molecule has 3 nitrogen and oxygen atoms in total. The molecule has 1 aromatic heterocycles. The van der Waals surface area contributed by atoms with Crippen LogP contribution in [-0.2, 0) is 13.0 Å². The monoisotopic (exact) mass is 281 g/mol. The molecule has 0 N–H and O–H groups in total. The molecular formula is C18H19NO2. The van der Waals surface area contributed by atoms with Crippen LogP contribution in [0.15, 0.2) is 49.2 Å². The third-order valence-electron chi connectivity index (χ3n) is 3.29. The SMILES string of the molecule is C=CCCc1cnc(C)c(OCc2ccccc2)c1C=O. The van der Waals surface area contributed by atoms with Gasteiger partial charge < -0.3 is 4.74 Å². The zero-order valence-electron chi connectivity index (χ0n) is 12.2. The fraction of sp³-hybridized carbons (Fsp3) is 0.222. The zero-order valence-corrected chi connectivity index (χ0v) is 12.2. The van der Waals surface area contributed by atoms with Gasteiger partial charge in [0.05, 0.1) is 11.3 Å². The van der Waals surface area contributed by atoms with Gasteiger partial charge in [0, 0.05) is 6.20 Å². The number of ether oxygens (including phenoxy) is 1. The van der Waals surface area contributed by atoms with Crippen LogP contribution in [0.25, 0.3) is 0 Å². The number of hydrogen-bond donors (Lipinski definition) is 0. The van der Waals surface area contributed by atoms with Gasteiger partial charge in [-0.3, -0.25) is 9.78 Å². The Kier molecular flexibility index (Phi) is 5.27. The van der Waals surface area contributed by atoms with Crippen molar-refractivity contribution in [2.24, 2.45) is 0 Å². The number of carbonyl (C=O) groups excluding carboxylic acids is 1. The first kappa shape index (κ1) is 15.0. The summed E-state index contributed by atoms with van der Waals surface area (Å²) in [5.41, 5.74) is 3.29. The molecule has 1 heterocycles. The second-order valence-electron chi connectivity index (χ2n) is 4.83. The molecule has 0 saturated carbocycles. The number of aromatic nitrogens is 1. The Hall–Kier alpha value is -2.42. The van der Waals surface area contributed by atoms with Crippen LogP contribution in [0, 0.1) is 6.92 Å². The van der Waals surface area contributed by atoms with Crippen molar-refractivity contribution < 1.29 is 9.53 Å². The lowest BCUT2D eigenvalue weighted by atomic mass is 10.0. The summed E-state index contributed by atoms with van der Waals surface area (Å²) in [5.74, 6) is 0.579. The van der Waals surface area contributed by atoms with E-state index < -0.39 is 0 Å². The predicted molar refractivity (Wildman–Crippen MR) is 83.7 cm³/mol. The third-order valence-corrected chi connectivity index (χ3v) is 3.29. The molecule has 2 rings (SSSR count). The van der Waals surface area contributed by atoms with Gasteiger partial charge in [-0.05, 0) is 30.9 Å². The second kappa shape index (κ2) is 7.39. The molecule has 0 aliphatic heterocycles. The molecule has 0 atom stereocenters. The third kappa shape index (κ3) is 3.78. The second-order valence-corrected chi connectivity index (χ2v) is 4.83. The Morgan fingerprint density at radius 2 is 2.05 bits per heavy atom. The fourth-order valence-corrected chi connectivity index (χ4v) is 2.14. The summed E-state index contributed by atoms with van der Waals surface area (Å²) in [6.45, 7) is 5.98. The summed E-state index contributed by atoms with van der Waals surface area (Å²) in [7, 11) is 0. The van der Waals surface area contributed by atoms with E-state index in [9.17, 15) is 4.79 Å². The average molecular weight is 281 g/mol. The van der Waals surface area contributed by atoms with E-state index in [1.807, 2.05) is 43.3 Å². The van der Waals surface area contributed by atoms with Crippen molar-refractivity contribution in [1.82, 2.24) is 4.98 Å². The summed E-state index contributed by atoms with van der Waals surface area (Å²) < 4.78 is 5.85. The minimum atomic E-state index is 0.426. The molecule has 0 aliphatic carbocycles. The quantitative estimate of drug-likeness (QED) is 0.570. The van der Waals surface area contributed by atoms with Crippen molar-refractivity contribution in [3.63, 3.8) is 0 Å². The van der Waals surface area contributed by atoms with Crippen LogP contribution in [0.3, 0.4) is 0 Å². The molecule has 0 unspecified atom stereocenters. The maximum atomic E-state index is 11.4. The summed E-state index contributed by atoms with van der Waals surface area (Å²) in [6, 6.07) is 9.87. The zero-order chi connectivity index (χ0) is 15.1. The summed E-state index contributed by atoms with van der Waals surface area (Å²) in [6.07, 6.45) is 5.99. The van der Waals surface area contributed by atoms with Gasteiger partial charge in [0.1, 0.15) is 6.61 Å². The van der Waals surface area contributed by atoms with E-state index in [0.29, 0.717) is 17.9 Å². The number of hydrogen-bond acceptors (Lipinski definition) is 3. The molecule has 2 aromatic rings. The van der Waals surface area contributed by atoms with E-state index in [2.05, 4.69) is 11.6 Å². The first-order valence-electron chi connectivity index (χ1n) is 6.97. The normalized spacial score (nSPS) is 10.1. The number of carbonyl (C=O) groups is 1. The fourth-order valence-electron chi connectivity index (χ4n) is 2.14. The maximum absolute atomic E-state index is 11.4. The van der Waals surface area contributed by atoms with Crippen molar-refractivity contribution >= 4 is 6.29 Å². The molecule has 0 bridgehead atoms. The van der Waals surface area contributed by atoms with Crippen LogP contribution in [0.1, 0.15) is 33.6 Å². The van der Waals surface area contributed by atoms with Crippen LogP contribution >= 0.6 is 0 Å². The van der Waals surface area contributed by atoms with Crippen molar-refractivity contribution in [2.45, 2.75) is 26.4 Å². The predicted octanol–water partition coefficient (Wildman–Crippen LogP) is 3.90. The van der Waals surface area contributed by atoms with Crippen molar-refractivity contribution in [2.75, 3.05) is 0 Å². The topological polar surface area (TPSA) is 39.2 Å². The van der Waals surface area contributed by atoms with Gasteiger partial charge in [-0.15, -0.1) is 6.58 Å². The number of aryl methyl sites for hydroxylation is 2. The molecule has 1 aromatic carbocycles. The molecule has 21 heavy (non-hydrogen) atoms. The highest BCUT2D eigenvalue weighted by atomic mass is 16.5. The highest BCUT2D eigenvalue weighted by molar-refractivity contribution is 5.82. The van der Waals surface area contributed by atoms with Crippen LogP contribution in [-0.4, -0.2) is 11.3 Å². The molecule has 0 aliphatic rings. The number of aldehydes is 1. The minimum absolute atomic E-state index is 0.426. The van der Waals surface area contributed by atoms with Gasteiger partial charge in [0.2, 0.25) is 0 Å². The van der Waals surface area contributed by atoms with Crippen LogP contribution in [0.4, 0.5) is 0 Å². The molecule has 108 valence electrons. The van der Waals surface area contributed by atoms with E-state index in [1.165, 1.54) is 0 Å². The Labute approximate surface area is 125 Å². The Morgan fingerprint density at radius 1 is 1.29 bits per heavy atom. The van der Waals surface area contributed by atoms with Gasteiger partial charge in [-0.1, -0.05) is 36.4 Å². The van der Waals surface area contributed by atoms with Gasteiger partial charge in [0.15, 0.2) is 12.0 Å². The number of rotatable bonds is 7. The maximum Gasteiger partial charge on any atom is 0.154 e. The van der Waals surface area contributed by atoms with E-state index in [4.69, 9.17) is 4.74 Å². The standard InChI is InChI=1S/C18H19NO2/c1-3-4-10-16-11-19-14(2)18(17(16)12-20)21-13-15-8-6-5-7-9-15/h3,5-9,11-12H,1,4,10,13H2,2H3. The highest BCUT2D eigenvalue weighted by Crippen LogP contribution is 2.25. The molecule has 3 heteroatoms. The van der Waals surface area contributed by atoms with Crippen LogP contribution < -0.4 is 4.74 Å². The smallest absolute Gasteiger partial charge is 0.154 e. The number of pyridine rings is 1. The van der Waals surface area contributed by atoms with Gasteiger partial charge in [0.25, 0.3) is 0 Å². The highest BCUT2D eigenvalue weighted by Gasteiger charge is 2.13. The summed E-state index contributed by atoms with van der Waals surface area (Å²) in [5, 5.41) is 0. The first-order chi connectivity index (χ1) is 10.3. The Balaban J connectivity index is 2.24. The van der Waals surface area contributed by atoms with Gasteiger partial charge in [-0.2, -0.15) is 0 Å². The number of nitrogens with zero attached hydrogens (tertiary/aromatic N) is 1.